The minimum Gasteiger partial charge on any atom is -0.374 e. The van der Waals surface area contributed by atoms with Crippen LogP contribution < -0.4 is 0 Å². The minimum atomic E-state index is 0.123. The van der Waals surface area contributed by atoms with Gasteiger partial charge in [-0.1, -0.05) is 12.1 Å². The molecule has 1 heterocycles. The molecule has 116 valence electrons. The Balaban J connectivity index is 2.01. The molecular formula is C16H24N2O2S. The van der Waals surface area contributed by atoms with Gasteiger partial charge in [0, 0.05) is 24.5 Å². The second kappa shape index (κ2) is 7.82. The Bertz CT molecular complexity index is 479. The van der Waals surface area contributed by atoms with Crippen LogP contribution in [0.5, 0.6) is 0 Å². The lowest BCUT2D eigenvalue weighted by atomic mass is 10.1. The van der Waals surface area contributed by atoms with E-state index in [4.69, 9.17) is 4.74 Å². The second-order valence-corrected chi connectivity index (χ2v) is 6.38. The molecule has 1 saturated heterocycles. The molecule has 5 heteroatoms. The predicted molar refractivity (Wildman–Crippen MR) is 87.0 cm³/mol. The van der Waals surface area contributed by atoms with Crippen molar-refractivity contribution in [3.05, 3.63) is 29.8 Å². The Morgan fingerprint density at radius 1 is 1.43 bits per heavy atom. The molecule has 1 aromatic carbocycles. The number of hydrogen-bond acceptors (Lipinski definition) is 4. The molecule has 21 heavy (non-hydrogen) atoms. The number of benzene rings is 1. The van der Waals surface area contributed by atoms with Crippen LogP contribution in [0.25, 0.3) is 0 Å². The highest BCUT2D eigenvalue weighted by atomic mass is 32.2. The lowest BCUT2D eigenvalue weighted by Gasteiger charge is -2.33. The number of amides is 1. The van der Waals surface area contributed by atoms with Crippen LogP contribution in [0.2, 0.25) is 0 Å². The topological polar surface area (TPSA) is 32.8 Å². The van der Waals surface area contributed by atoms with Gasteiger partial charge in [-0.25, -0.2) is 0 Å². The molecule has 1 amide bonds. The standard InChI is InChI=1S/C16H24N2O2S/c1-17(2)9-8-13-12-18(10-11-20-13)16(19)14-6-4-5-7-15(14)21-3/h4-7,13H,8-12H2,1-3H3/t13-/m1/s1. The first-order valence-corrected chi connectivity index (χ1v) is 8.53. The maximum absolute atomic E-state index is 12.7. The monoisotopic (exact) mass is 308 g/mol. The number of morpholine rings is 1. The third-order valence-electron chi connectivity index (χ3n) is 3.66. The van der Waals surface area contributed by atoms with Crippen molar-refractivity contribution >= 4 is 17.7 Å². The van der Waals surface area contributed by atoms with Crippen molar-refractivity contribution in [1.29, 1.82) is 0 Å². The molecule has 1 fully saturated rings. The van der Waals surface area contributed by atoms with Crippen molar-refractivity contribution in [2.24, 2.45) is 0 Å². The van der Waals surface area contributed by atoms with Gasteiger partial charge in [-0.05, 0) is 38.9 Å². The number of hydrogen-bond donors (Lipinski definition) is 0. The van der Waals surface area contributed by atoms with Crippen LogP contribution in [-0.4, -0.2) is 68.4 Å². The van der Waals surface area contributed by atoms with E-state index in [0.717, 1.165) is 23.4 Å². The van der Waals surface area contributed by atoms with E-state index < -0.39 is 0 Å². The van der Waals surface area contributed by atoms with Gasteiger partial charge in [0.2, 0.25) is 0 Å². The van der Waals surface area contributed by atoms with E-state index in [2.05, 4.69) is 19.0 Å². The number of rotatable bonds is 5. The third-order valence-corrected chi connectivity index (χ3v) is 4.46. The fourth-order valence-corrected chi connectivity index (χ4v) is 3.06. The summed E-state index contributed by atoms with van der Waals surface area (Å²) in [7, 11) is 4.11. The molecule has 0 unspecified atom stereocenters. The summed E-state index contributed by atoms with van der Waals surface area (Å²) < 4.78 is 5.78. The molecule has 4 nitrogen and oxygen atoms in total. The van der Waals surface area contributed by atoms with Gasteiger partial charge in [-0.15, -0.1) is 11.8 Å². The highest BCUT2D eigenvalue weighted by Crippen LogP contribution is 2.22. The number of ether oxygens (including phenoxy) is 1. The number of nitrogens with zero attached hydrogens (tertiary/aromatic N) is 2. The van der Waals surface area contributed by atoms with Crippen LogP contribution in [0.3, 0.4) is 0 Å². The van der Waals surface area contributed by atoms with Gasteiger partial charge in [0.1, 0.15) is 0 Å². The largest absolute Gasteiger partial charge is 0.374 e. The summed E-state index contributed by atoms with van der Waals surface area (Å²) in [5.74, 6) is 0.123. The summed E-state index contributed by atoms with van der Waals surface area (Å²) in [5.41, 5.74) is 0.804. The first-order chi connectivity index (χ1) is 10.1. The molecule has 1 aliphatic rings. The molecule has 1 aliphatic heterocycles. The Morgan fingerprint density at radius 2 is 2.19 bits per heavy atom. The van der Waals surface area contributed by atoms with Gasteiger partial charge >= 0.3 is 0 Å². The minimum absolute atomic E-state index is 0.123. The Kier molecular flexibility index (Phi) is 6.08. The van der Waals surface area contributed by atoms with E-state index >= 15 is 0 Å². The zero-order valence-corrected chi connectivity index (χ0v) is 13.9. The van der Waals surface area contributed by atoms with Crippen LogP contribution in [0.4, 0.5) is 0 Å². The van der Waals surface area contributed by atoms with Crippen molar-refractivity contribution in [3.8, 4) is 0 Å². The first kappa shape index (κ1) is 16.3. The van der Waals surface area contributed by atoms with Crippen LogP contribution >= 0.6 is 11.8 Å². The SMILES string of the molecule is CSc1ccccc1C(=O)N1CCO[C@H](CCN(C)C)C1. The quantitative estimate of drug-likeness (QED) is 0.781. The molecule has 0 aromatic heterocycles. The van der Waals surface area contributed by atoms with Crippen LogP contribution in [0.15, 0.2) is 29.2 Å². The van der Waals surface area contributed by atoms with Gasteiger partial charge in [0.05, 0.1) is 18.3 Å². The van der Waals surface area contributed by atoms with Gasteiger partial charge in [-0.2, -0.15) is 0 Å². The maximum atomic E-state index is 12.7. The summed E-state index contributed by atoms with van der Waals surface area (Å²) in [4.78, 5) is 17.8. The number of carbonyl (C=O) groups excluding carboxylic acids is 1. The van der Waals surface area contributed by atoms with Crippen LogP contribution in [-0.2, 0) is 4.74 Å². The summed E-state index contributed by atoms with van der Waals surface area (Å²) in [6, 6.07) is 7.82. The summed E-state index contributed by atoms with van der Waals surface area (Å²) in [6.07, 6.45) is 3.11. The third kappa shape index (κ3) is 4.46. The van der Waals surface area contributed by atoms with Gasteiger partial charge in [0.15, 0.2) is 0 Å². The van der Waals surface area contributed by atoms with E-state index in [0.29, 0.717) is 19.7 Å². The molecule has 0 N–H and O–H groups in total. The fraction of sp³-hybridized carbons (Fsp3) is 0.562. The van der Waals surface area contributed by atoms with Crippen molar-refractivity contribution in [1.82, 2.24) is 9.80 Å². The van der Waals surface area contributed by atoms with Gasteiger partial charge < -0.3 is 14.5 Å². The zero-order chi connectivity index (χ0) is 15.2. The predicted octanol–water partition coefficient (Wildman–Crippen LogP) is 2.20. The second-order valence-electron chi connectivity index (χ2n) is 5.54. The molecule has 1 aromatic rings. The normalized spacial score (nSPS) is 19.0. The van der Waals surface area contributed by atoms with Gasteiger partial charge in [-0.3, -0.25) is 4.79 Å². The van der Waals surface area contributed by atoms with E-state index in [1.54, 1.807) is 11.8 Å². The Hall–Kier alpha value is -1.04. The highest BCUT2D eigenvalue weighted by Gasteiger charge is 2.26. The van der Waals surface area contributed by atoms with E-state index in [1.165, 1.54) is 0 Å². The number of thioether (sulfide) groups is 1. The van der Waals surface area contributed by atoms with Crippen molar-refractivity contribution in [2.45, 2.75) is 17.4 Å². The molecule has 0 spiro atoms. The van der Waals surface area contributed by atoms with Crippen LogP contribution in [0.1, 0.15) is 16.8 Å². The summed E-state index contributed by atoms with van der Waals surface area (Å²) >= 11 is 1.62. The summed E-state index contributed by atoms with van der Waals surface area (Å²) in [5, 5.41) is 0. The highest BCUT2D eigenvalue weighted by molar-refractivity contribution is 7.98. The van der Waals surface area contributed by atoms with Gasteiger partial charge in [0.25, 0.3) is 5.91 Å². The first-order valence-electron chi connectivity index (χ1n) is 7.30. The van der Waals surface area contributed by atoms with E-state index in [1.807, 2.05) is 35.4 Å². The van der Waals surface area contributed by atoms with Crippen molar-refractivity contribution in [2.75, 3.05) is 46.6 Å². The molecule has 0 saturated carbocycles. The average Bonchev–Trinajstić information content (AvgIpc) is 2.52. The van der Waals surface area contributed by atoms with Crippen molar-refractivity contribution < 1.29 is 9.53 Å². The number of carbonyl (C=O) groups is 1. The van der Waals surface area contributed by atoms with Crippen LogP contribution in [0, 0.1) is 0 Å². The van der Waals surface area contributed by atoms with E-state index in [-0.39, 0.29) is 12.0 Å². The van der Waals surface area contributed by atoms with E-state index in [9.17, 15) is 4.79 Å². The Labute approximate surface area is 131 Å². The van der Waals surface area contributed by atoms with Crippen molar-refractivity contribution in [3.63, 3.8) is 0 Å². The maximum Gasteiger partial charge on any atom is 0.255 e. The fourth-order valence-electron chi connectivity index (χ4n) is 2.47. The molecule has 0 bridgehead atoms. The molecule has 0 aliphatic carbocycles. The lowest BCUT2D eigenvalue weighted by molar-refractivity contribution is -0.0270. The zero-order valence-electron chi connectivity index (χ0n) is 13.0. The average molecular weight is 308 g/mol. The Morgan fingerprint density at radius 3 is 2.90 bits per heavy atom. The lowest BCUT2D eigenvalue weighted by Crippen LogP contribution is -2.46. The smallest absolute Gasteiger partial charge is 0.255 e. The molecule has 0 radical (unpaired) electrons. The molecule has 2 rings (SSSR count). The molecular weight excluding hydrogens is 284 g/mol. The summed E-state index contributed by atoms with van der Waals surface area (Å²) in [6.45, 7) is 2.98. The molecule has 1 atom stereocenters.